The van der Waals surface area contributed by atoms with Crippen LogP contribution < -0.4 is 5.32 Å². The Kier molecular flexibility index (Phi) is 6.87. The molecule has 0 spiro atoms. The predicted molar refractivity (Wildman–Crippen MR) is 124 cm³/mol. The van der Waals surface area contributed by atoms with Gasteiger partial charge in [-0.3, -0.25) is 4.79 Å². The molecule has 1 aliphatic heterocycles. The first-order chi connectivity index (χ1) is 14.6. The number of hydrogen-bond acceptors (Lipinski definition) is 4. The van der Waals surface area contributed by atoms with Crippen molar-refractivity contribution in [3.8, 4) is 16.3 Å². The molecule has 0 saturated carbocycles. The summed E-state index contributed by atoms with van der Waals surface area (Å²) in [5, 5.41) is 10.4. The topological polar surface area (TPSA) is 50.2 Å². The zero-order valence-electron chi connectivity index (χ0n) is 17.2. The molecule has 1 fully saturated rings. The molecule has 0 radical (unpaired) electrons. The van der Waals surface area contributed by atoms with E-state index in [0.717, 1.165) is 29.2 Å². The Morgan fingerprint density at radius 3 is 2.93 bits per heavy atom. The Balaban J connectivity index is 1.47. The van der Waals surface area contributed by atoms with E-state index in [4.69, 9.17) is 16.7 Å². The highest BCUT2D eigenvalue weighted by Crippen LogP contribution is 2.26. The predicted octanol–water partition coefficient (Wildman–Crippen LogP) is 5.25. The van der Waals surface area contributed by atoms with Gasteiger partial charge in [0, 0.05) is 24.2 Å². The van der Waals surface area contributed by atoms with Crippen LogP contribution in [0.15, 0.2) is 47.8 Å². The highest BCUT2D eigenvalue weighted by atomic mass is 35.5. The molecule has 3 heterocycles. The molecule has 1 unspecified atom stereocenters. The number of amides is 1. The summed E-state index contributed by atoms with van der Waals surface area (Å²) in [5.41, 5.74) is 2.09. The molecular weight excluding hydrogens is 416 g/mol. The maximum atomic E-state index is 13.0. The Morgan fingerprint density at radius 1 is 1.27 bits per heavy atom. The van der Waals surface area contributed by atoms with Gasteiger partial charge >= 0.3 is 0 Å². The largest absolute Gasteiger partial charge is 0.351 e. The summed E-state index contributed by atoms with van der Waals surface area (Å²) in [6.45, 7) is 5.14. The molecule has 0 bridgehead atoms. The van der Waals surface area contributed by atoms with Gasteiger partial charge in [0.05, 0.1) is 10.6 Å². The van der Waals surface area contributed by atoms with Gasteiger partial charge in [0.15, 0.2) is 0 Å². The average Bonchev–Trinajstić information content (AvgIpc) is 3.42. The number of benzene rings is 1. The van der Waals surface area contributed by atoms with Crippen molar-refractivity contribution in [1.82, 2.24) is 20.0 Å². The van der Waals surface area contributed by atoms with Crippen molar-refractivity contribution in [2.45, 2.75) is 38.6 Å². The van der Waals surface area contributed by atoms with Crippen LogP contribution in [0.4, 0.5) is 0 Å². The van der Waals surface area contributed by atoms with Crippen molar-refractivity contribution in [3.63, 3.8) is 0 Å². The smallest absolute Gasteiger partial charge is 0.270 e. The van der Waals surface area contributed by atoms with Gasteiger partial charge in [-0.2, -0.15) is 5.10 Å². The lowest BCUT2D eigenvalue weighted by Gasteiger charge is -2.33. The van der Waals surface area contributed by atoms with Gasteiger partial charge in [0.1, 0.15) is 11.4 Å². The van der Waals surface area contributed by atoms with Gasteiger partial charge in [-0.25, -0.2) is 4.68 Å². The van der Waals surface area contributed by atoms with Crippen LogP contribution in [-0.4, -0.2) is 46.3 Å². The SMILES string of the molecule is CC1CCCCN1CCCNC(=O)c1cc(-c2cccs2)nn1-c1cccc(Cl)c1. The van der Waals surface area contributed by atoms with Crippen molar-refractivity contribution in [1.29, 1.82) is 0 Å². The maximum Gasteiger partial charge on any atom is 0.270 e. The fraction of sp³-hybridized carbons (Fsp3) is 0.391. The second-order valence-electron chi connectivity index (χ2n) is 7.77. The molecule has 4 rings (SSSR count). The number of hydrogen-bond donors (Lipinski definition) is 1. The van der Waals surface area contributed by atoms with E-state index in [1.165, 1.54) is 25.8 Å². The Bertz CT molecular complexity index is 985. The molecule has 3 aromatic rings. The molecule has 0 aliphatic carbocycles. The minimum atomic E-state index is -0.114. The number of aromatic nitrogens is 2. The normalized spacial score (nSPS) is 17.2. The van der Waals surface area contributed by atoms with Crippen LogP contribution in [0.5, 0.6) is 0 Å². The van der Waals surface area contributed by atoms with Crippen LogP contribution in [0.3, 0.4) is 0 Å². The fourth-order valence-corrected chi connectivity index (χ4v) is 4.82. The van der Waals surface area contributed by atoms with E-state index >= 15 is 0 Å². The monoisotopic (exact) mass is 442 g/mol. The molecule has 1 saturated heterocycles. The zero-order chi connectivity index (χ0) is 20.9. The lowest BCUT2D eigenvalue weighted by Crippen LogP contribution is -2.39. The van der Waals surface area contributed by atoms with E-state index in [2.05, 4.69) is 17.1 Å². The first kappa shape index (κ1) is 21.1. The lowest BCUT2D eigenvalue weighted by atomic mass is 10.0. The van der Waals surface area contributed by atoms with E-state index in [1.54, 1.807) is 16.0 Å². The van der Waals surface area contributed by atoms with Crippen LogP contribution in [0.2, 0.25) is 5.02 Å². The summed E-state index contributed by atoms with van der Waals surface area (Å²) in [6, 6.07) is 13.9. The molecule has 2 aromatic heterocycles. The van der Waals surface area contributed by atoms with E-state index < -0.39 is 0 Å². The number of carbonyl (C=O) groups is 1. The van der Waals surface area contributed by atoms with Crippen LogP contribution in [0.1, 0.15) is 43.1 Å². The van der Waals surface area contributed by atoms with E-state index in [-0.39, 0.29) is 5.91 Å². The summed E-state index contributed by atoms with van der Waals surface area (Å²) >= 11 is 7.78. The van der Waals surface area contributed by atoms with Crippen molar-refractivity contribution >= 4 is 28.8 Å². The van der Waals surface area contributed by atoms with Gasteiger partial charge in [0.25, 0.3) is 5.91 Å². The third-order valence-corrected chi connectivity index (χ3v) is 6.74. The van der Waals surface area contributed by atoms with E-state index in [0.29, 0.717) is 23.3 Å². The zero-order valence-corrected chi connectivity index (χ0v) is 18.8. The van der Waals surface area contributed by atoms with Crippen molar-refractivity contribution < 1.29 is 4.79 Å². The van der Waals surface area contributed by atoms with Gasteiger partial charge < -0.3 is 10.2 Å². The van der Waals surface area contributed by atoms with Crippen molar-refractivity contribution in [3.05, 3.63) is 58.6 Å². The van der Waals surface area contributed by atoms with Crippen molar-refractivity contribution in [2.75, 3.05) is 19.6 Å². The summed E-state index contributed by atoms with van der Waals surface area (Å²) in [4.78, 5) is 16.6. The molecule has 158 valence electrons. The number of nitrogens with zero attached hydrogens (tertiary/aromatic N) is 3. The number of nitrogens with one attached hydrogen (secondary N) is 1. The number of piperidine rings is 1. The van der Waals surface area contributed by atoms with Crippen LogP contribution in [0.25, 0.3) is 16.3 Å². The highest BCUT2D eigenvalue weighted by molar-refractivity contribution is 7.13. The summed E-state index contributed by atoms with van der Waals surface area (Å²) in [7, 11) is 0. The molecule has 1 aromatic carbocycles. The van der Waals surface area contributed by atoms with Crippen LogP contribution in [0, 0.1) is 0 Å². The number of halogens is 1. The third kappa shape index (κ3) is 4.94. The quantitative estimate of drug-likeness (QED) is 0.508. The molecule has 1 N–H and O–H groups in total. The molecule has 1 atom stereocenters. The Morgan fingerprint density at radius 2 is 2.17 bits per heavy atom. The molecule has 7 heteroatoms. The average molecular weight is 443 g/mol. The van der Waals surface area contributed by atoms with Gasteiger partial charge in [0.2, 0.25) is 0 Å². The van der Waals surface area contributed by atoms with Crippen molar-refractivity contribution in [2.24, 2.45) is 0 Å². The minimum absolute atomic E-state index is 0.114. The minimum Gasteiger partial charge on any atom is -0.351 e. The number of carbonyl (C=O) groups excluding carboxylic acids is 1. The number of rotatable bonds is 7. The summed E-state index contributed by atoms with van der Waals surface area (Å²) in [5.74, 6) is -0.114. The highest BCUT2D eigenvalue weighted by Gasteiger charge is 2.19. The second-order valence-corrected chi connectivity index (χ2v) is 9.16. The first-order valence-electron chi connectivity index (χ1n) is 10.5. The molecule has 30 heavy (non-hydrogen) atoms. The summed E-state index contributed by atoms with van der Waals surface area (Å²) in [6.07, 6.45) is 4.82. The van der Waals surface area contributed by atoms with Gasteiger partial charge in [-0.15, -0.1) is 11.3 Å². The van der Waals surface area contributed by atoms with E-state index in [9.17, 15) is 4.79 Å². The van der Waals surface area contributed by atoms with Crippen LogP contribution >= 0.6 is 22.9 Å². The summed E-state index contributed by atoms with van der Waals surface area (Å²) < 4.78 is 1.68. The molecule has 1 aliphatic rings. The Labute approximate surface area is 186 Å². The van der Waals surface area contributed by atoms with Crippen LogP contribution in [-0.2, 0) is 0 Å². The first-order valence-corrected chi connectivity index (χ1v) is 11.8. The molecule has 5 nitrogen and oxygen atoms in total. The standard InChI is InChI=1S/C23H27ClN4OS/c1-17-7-2-3-12-27(17)13-6-11-25-23(29)21-16-20(22-10-5-14-30-22)26-28(21)19-9-4-8-18(24)15-19/h4-5,8-10,14-17H,2-3,6-7,11-13H2,1H3,(H,25,29). The lowest BCUT2D eigenvalue weighted by molar-refractivity contribution is 0.0941. The number of thiophene rings is 1. The van der Waals surface area contributed by atoms with E-state index in [1.807, 2.05) is 47.8 Å². The fourth-order valence-electron chi connectivity index (χ4n) is 3.96. The maximum absolute atomic E-state index is 13.0. The van der Waals surface area contributed by atoms with Gasteiger partial charge in [-0.05, 0) is 68.4 Å². The second kappa shape index (κ2) is 9.77. The number of likely N-dealkylation sites (tertiary alicyclic amines) is 1. The Hall–Kier alpha value is -2.15. The third-order valence-electron chi connectivity index (χ3n) is 5.62. The molecular formula is C23H27ClN4OS. The molecule has 1 amide bonds. The van der Waals surface area contributed by atoms with Gasteiger partial charge in [-0.1, -0.05) is 30.2 Å².